The van der Waals surface area contributed by atoms with Crippen LogP contribution in [0.15, 0.2) is 60.7 Å². The maximum atomic E-state index is 11.9. The second-order valence-corrected chi connectivity index (χ2v) is 4.22. The molecule has 0 aliphatic rings. The summed E-state index contributed by atoms with van der Waals surface area (Å²) in [6.45, 7) is 0. The zero-order chi connectivity index (χ0) is 12.8. The van der Waals surface area contributed by atoms with Crippen molar-refractivity contribution in [3.8, 4) is 0 Å². The highest BCUT2D eigenvalue weighted by Crippen LogP contribution is 2.20. The second kappa shape index (κ2) is 6.22. The first-order valence-corrected chi connectivity index (χ1v) is 6.30. The van der Waals surface area contributed by atoms with Crippen molar-refractivity contribution in [1.29, 1.82) is 0 Å². The number of hydrogen-bond donors (Lipinski definition) is 1. The van der Waals surface area contributed by atoms with E-state index in [0.29, 0.717) is 0 Å². The molecule has 0 amide bonds. The third-order valence-corrected chi connectivity index (χ3v) is 2.93. The van der Waals surface area contributed by atoms with Gasteiger partial charge in [-0.15, -0.1) is 11.6 Å². The lowest BCUT2D eigenvalue weighted by Gasteiger charge is -2.18. The number of carbonyl (C=O) groups excluding carboxylic acids is 1. The average Bonchev–Trinajstić information content (AvgIpc) is 2.46. The molecule has 3 heteroatoms. The van der Waals surface area contributed by atoms with Crippen LogP contribution in [-0.4, -0.2) is 11.7 Å². The SMILES string of the molecule is O=C(CCl)C(Nc1ccccc1)c1ccccc1. The Morgan fingerprint density at radius 2 is 1.56 bits per heavy atom. The van der Waals surface area contributed by atoms with Crippen LogP contribution in [0.1, 0.15) is 11.6 Å². The first-order valence-electron chi connectivity index (χ1n) is 5.76. The summed E-state index contributed by atoms with van der Waals surface area (Å²) in [5, 5.41) is 3.21. The Morgan fingerprint density at radius 1 is 1.00 bits per heavy atom. The van der Waals surface area contributed by atoms with Gasteiger partial charge in [0, 0.05) is 5.69 Å². The van der Waals surface area contributed by atoms with Gasteiger partial charge in [0.05, 0.1) is 5.88 Å². The summed E-state index contributed by atoms with van der Waals surface area (Å²) in [4.78, 5) is 11.9. The van der Waals surface area contributed by atoms with Crippen LogP contribution in [0.3, 0.4) is 0 Å². The maximum absolute atomic E-state index is 11.9. The van der Waals surface area contributed by atoms with Gasteiger partial charge in [-0.1, -0.05) is 48.5 Å². The molecule has 0 spiro atoms. The molecule has 0 saturated heterocycles. The van der Waals surface area contributed by atoms with Gasteiger partial charge in [-0.05, 0) is 17.7 Å². The number of halogens is 1. The monoisotopic (exact) mass is 259 g/mol. The van der Waals surface area contributed by atoms with Crippen LogP contribution in [-0.2, 0) is 4.79 Å². The van der Waals surface area contributed by atoms with Gasteiger partial charge in [-0.2, -0.15) is 0 Å². The fourth-order valence-corrected chi connectivity index (χ4v) is 1.93. The molecule has 0 radical (unpaired) electrons. The zero-order valence-corrected chi connectivity index (χ0v) is 10.6. The molecule has 2 nitrogen and oxygen atoms in total. The quantitative estimate of drug-likeness (QED) is 0.831. The largest absolute Gasteiger partial charge is 0.372 e. The smallest absolute Gasteiger partial charge is 0.174 e. The van der Waals surface area contributed by atoms with E-state index >= 15 is 0 Å². The van der Waals surface area contributed by atoms with Gasteiger partial charge < -0.3 is 5.32 Å². The fraction of sp³-hybridized carbons (Fsp3) is 0.133. The Kier molecular flexibility index (Phi) is 4.37. The maximum Gasteiger partial charge on any atom is 0.174 e. The van der Waals surface area contributed by atoms with Crippen molar-refractivity contribution in [2.75, 3.05) is 11.2 Å². The van der Waals surface area contributed by atoms with Crippen molar-refractivity contribution >= 4 is 23.1 Å². The molecule has 0 aromatic heterocycles. The van der Waals surface area contributed by atoms with Crippen molar-refractivity contribution in [2.45, 2.75) is 6.04 Å². The summed E-state index contributed by atoms with van der Waals surface area (Å²) in [6.07, 6.45) is 0. The number of hydrogen-bond acceptors (Lipinski definition) is 2. The minimum Gasteiger partial charge on any atom is -0.372 e. The number of benzene rings is 2. The van der Waals surface area contributed by atoms with Crippen LogP contribution < -0.4 is 5.32 Å². The molecule has 1 unspecified atom stereocenters. The molecule has 0 aliphatic carbocycles. The summed E-state index contributed by atoms with van der Waals surface area (Å²) in [5.74, 6) is -0.0360. The Morgan fingerprint density at radius 3 is 2.11 bits per heavy atom. The first kappa shape index (κ1) is 12.7. The number of carbonyl (C=O) groups is 1. The van der Waals surface area contributed by atoms with E-state index in [-0.39, 0.29) is 11.7 Å². The average molecular weight is 260 g/mol. The Balaban J connectivity index is 2.24. The number of alkyl halides is 1. The van der Waals surface area contributed by atoms with Gasteiger partial charge in [-0.3, -0.25) is 4.79 Å². The number of rotatable bonds is 5. The van der Waals surface area contributed by atoms with Crippen LogP contribution in [0, 0.1) is 0 Å². The molecule has 18 heavy (non-hydrogen) atoms. The van der Waals surface area contributed by atoms with Gasteiger partial charge in [0.25, 0.3) is 0 Å². The lowest BCUT2D eigenvalue weighted by molar-refractivity contribution is -0.117. The van der Waals surface area contributed by atoms with Crippen LogP contribution in [0.2, 0.25) is 0 Å². The van der Waals surface area contributed by atoms with E-state index in [4.69, 9.17) is 11.6 Å². The summed E-state index contributed by atoms with van der Waals surface area (Å²) >= 11 is 5.67. The van der Waals surface area contributed by atoms with Gasteiger partial charge in [-0.25, -0.2) is 0 Å². The third-order valence-electron chi connectivity index (χ3n) is 2.67. The van der Waals surface area contributed by atoms with Crippen LogP contribution >= 0.6 is 11.6 Å². The topological polar surface area (TPSA) is 29.1 Å². The highest BCUT2D eigenvalue weighted by atomic mass is 35.5. The van der Waals surface area contributed by atoms with Gasteiger partial charge in [0.15, 0.2) is 5.78 Å². The van der Waals surface area contributed by atoms with Crippen LogP contribution in [0.25, 0.3) is 0 Å². The lowest BCUT2D eigenvalue weighted by atomic mass is 10.0. The van der Waals surface area contributed by atoms with E-state index in [2.05, 4.69) is 5.32 Å². The molecule has 2 rings (SSSR count). The van der Waals surface area contributed by atoms with E-state index in [9.17, 15) is 4.79 Å². The van der Waals surface area contributed by atoms with E-state index in [0.717, 1.165) is 11.3 Å². The van der Waals surface area contributed by atoms with Gasteiger partial charge in [0.1, 0.15) is 6.04 Å². The molecule has 2 aromatic carbocycles. The Labute approximate surface area is 112 Å². The predicted molar refractivity (Wildman–Crippen MR) is 75.0 cm³/mol. The molecule has 0 fully saturated rings. The highest BCUT2D eigenvalue weighted by molar-refractivity contribution is 6.28. The van der Waals surface area contributed by atoms with E-state index < -0.39 is 6.04 Å². The number of para-hydroxylation sites is 1. The molecule has 0 saturated carbocycles. The minimum absolute atomic E-state index is 0.000601. The molecule has 0 aliphatic heterocycles. The van der Waals surface area contributed by atoms with E-state index in [1.54, 1.807) is 0 Å². The molecule has 1 atom stereocenters. The lowest BCUT2D eigenvalue weighted by Crippen LogP contribution is -2.22. The predicted octanol–water partition coefficient (Wildman–Crippen LogP) is 3.65. The molecule has 0 heterocycles. The zero-order valence-electron chi connectivity index (χ0n) is 9.84. The second-order valence-electron chi connectivity index (χ2n) is 3.95. The van der Waals surface area contributed by atoms with E-state index in [1.165, 1.54) is 0 Å². The van der Waals surface area contributed by atoms with Crippen LogP contribution in [0.5, 0.6) is 0 Å². The first-order chi connectivity index (χ1) is 8.81. The van der Waals surface area contributed by atoms with E-state index in [1.807, 2.05) is 60.7 Å². The number of Topliss-reactive ketones (excluding diaryl/α,β-unsaturated/α-hetero) is 1. The molecule has 92 valence electrons. The standard InChI is InChI=1S/C15H14ClNO/c16-11-14(18)15(12-7-3-1-4-8-12)17-13-9-5-2-6-10-13/h1-10,15,17H,11H2. The number of ketones is 1. The molecule has 1 N–H and O–H groups in total. The van der Waals surface area contributed by atoms with Gasteiger partial charge >= 0.3 is 0 Å². The molecular weight excluding hydrogens is 246 g/mol. The molecule has 2 aromatic rings. The Bertz CT molecular complexity index is 498. The summed E-state index contributed by atoms with van der Waals surface area (Å²) in [7, 11) is 0. The minimum atomic E-state index is -0.397. The van der Waals surface area contributed by atoms with Crippen molar-refractivity contribution in [2.24, 2.45) is 0 Å². The van der Waals surface area contributed by atoms with Gasteiger partial charge in [0.2, 0.25) is 0 Å². The van der Waals surface area contributed by atoms with Crippen molar-refractivity contribution < 1.29 is 4.79 Å². The molecule has 0 bridgehead atoms. The van der Waals surface area contributed by atoms with Crippen molar-refractivity contribution in [3.63, 3.8) is 0 Å². The third kappa shape index (κ3) is 3.11. The summed E-state index contributed by atoms with van der Waals surface area (Å²) in [5.41, 5.74) is 1.83. The fourth-order valence-electron chi connectivity index (χ4n) is 1.77. The Hall–Kier alpha value is -1.80. The molecular formula is C15H14ClNO. The highest BCUT2D eigenvalue weighted by Gasteiger charge is 2.18. The van der Waals surface area contributed by atoms with Crippen LogP contribution in [0.4, 0.5) is 5.69 Å². The summed E-state index contributed by atoms with van der Waals surface area (Å²) in [6, 6.07) is 18.8. The van der Waals surface area contributed by atoms with Crippen molar-refractivity contribution in [3.05, 3.63) is 66.2 Å². The van der Waals surface area contributed by atoms with Crippen molar-refractivity contribution in [1.82, 2.24) is 0 Å². The number of anilines is 1. The summed E-state index contributed by atoms with van der Waals surface area (Å²) < 4.78 is 0. The normalized spacial score (nSPS) is 11.8. The number of nitrogens with one attached hydrogen (secondary N) is 1.